The second-order valence-electron chi connectivity index (χ2n) is 4.23. The summed E-state index contributed by atoms with van der Waals surface area (Å²) < 4.78 is 26.5. The molecule has 0 aliphatic heterocycles. The maximum absolute atomic E-state index is 12.0. The highest BCUT2D eigenvalue weighted by Gasteiger charge is 2.16. The van der Waals surface area contributed by atoms with Gasteiger partial charge in [0.05, 0.1) is 4.90 Å². The Hall–Kier alpha value is -1.20. The molecule has 18 heavy (non-hydrogen) atoms. The van der Waals surface area contributed by atoms with Crippen molar-refractivity contribution in [1.82, 2.24) is 4.72 Å². The molecular formula is C13H19NO3S. The molecule has 0 fully saturated rings. The number of carbonyl (C=O) groups excluding carboxylic acids is 1. The molecule has 100 valence electrons. The number of nitrogens with one attached hydrogen (secondary N) is 1. The summed E-state index contributed by atoms with van der Waals surface area (Å²) in [6.07, 6.45) is 1.14. The van der Waals surface area contributed by atoms with Crippen LogP contribution in [0.3, 0.4) is 0 Å². The lowest BCUT2D eigenvalue weighted by atomic mass is 10.1. The van der Waals surface area contributed by atoms with Crippen molar-refractivity contribution < 1.29 is 13.2 Å². The zero-order chi connectivity index (χ0) is 13.8. The Balaban J connectivity index is 2.94. The molecule has 0 saturated heterocycles. The van der Waals surface area contributed by atoms with Gasteiger partial charge in [0.15, 0.2) is 5.78 Å². The van der Waals surface area contributed by atoms with Crippen molar-refractivity contribution in [3.05, 3.63) is 29.8 Å². The number of ketones is 1. The third kappa shape index (κ3) is 3.65. The third-order valence-corrected chi connectivity index (χ3v) is 4.38. The molecule has 1 N–H and O–H groups in total. The molecular weight excluding hydrogens is 250 g/mol. The molecule has 4 nitrogen and oxygen atoms in total. The van der Waals surface area contributed by atoms with Gasteiger partial charge in [-0.2, -0.15) is 0 Å². The molecule has 0 heterocycles. The van der Waals surface area contributed by atoms with Gasteiger partial charge < -0.3 is 0 Å². The molecule has 0 saturated carbocycles. The highest BCUT2D eigenvalue weighted by molar-refractivity contribution is 7.89. The first kappa shape index (κ1) is 14.9. The van der Waals surface area contributed by atoms with Crippen molar-refractivity contribution in [3.8, 4) is 0 Å². The quantitative estimate of drug-likeness (QED) is 0.806. The smallest absolute Gasteiger partial charge is 0.240 e. The number of carbonyl (C=O) groups is 1. The molecule has 1 aromatic rings. The van der Waals surface area contributed by atoms with Gasteiger partial charge >= 0.3 is 0 Å². The van der Waals surface area contributed by atoms with E-state index in [0.29, 0.717) is 12.0 Å². The van der Waals surface area contributed by atoms with E-state index in [0.717, 1.165) is 6.42 Å². The Bertz CT molecular complexity index is 506. The van der Waals surface area contributed by atoms with Crippen molar-refractivity contribution in [2.75, 3.05) is 0 Å². The van der Waals surface area contributed by atoms with Crippen LogP contribution < -0.4 is 4.72 Å². The number of benzene rings is 1. The number of rotatable bonds is 6. The van der Waals surface area contributed by atoms with E-state index in [1.807, 2.05) is 13.8 Å². The largest absolute Gasteiger partial charge is 0.294 e. The number of hydrogen-bond acceptors (Lipinski definition) is 3. The van der Waals surface area contributed by atoms with E-state index in [1.54, 1.807) is 19.1 Å². The van der Waals surface area contributed by atoms with Crippen molar-refractivity contribution >= 4 is 15.8 Å². The van der Waals surface area contributed by atoms with Crippen LogP contribution in [0.2, 0.25) is 0 Å². The Morgan fingerprint density at radius 1 is 1.22 bits per heavy atom. The van der Waals surface area contributed by atoms with Gasteiger partial charge in [-0.25, -0.2) is 13.1 Å². The molecule has 1 atom stereocenters. The van der Waals surface area contributed by atoms with Crippen LogP contribution in [0.15, 0.2) is 29.2 Å². The minimum Gasteiger partial charge on any atom is -0.294 e. The van der Waals surface area contributed by atoms with Crippen molar-refractivity contribution in [3.63, 3.8) is 0 Å². The summed E-state index contributed by atoms with van der Waals surface area (Å²) in [6, 6.07) is 5.93. The van der Waals surface area contributed by atoms with Crippen LogP contribution >= 0.6 is 0 Å². The minimum atomic E-state index is -3.48. The Morgan fingerprint density at radius 2 is 1.78 bits per heavy atom. The monoisotopic (exact) mass is 269 g/mol. The average molecular weight is 269 g/mol. The fourth-order valence-electron chi connectivity index (χ4n) is 1.44. The molecule has 0 spiro atoms. The number of Topliss-reactive ketones (excluding diaryl/α,β-unsaturated/α-hetero) is 1. The Kier molecular flexibility index (Phi) is 5.04. The van der Waals surface area contributed by atoms with Gasteiger partial charge in [-0.3, -0.25) is 4.79 Å². The highest BCUT2D eigenvalue weighted by atomic mass is 32.2. The molecule has 5 heteroatoms. The lowest BCUT2D eigenvalue weighted by molar-refractivity contribution is 0.0988. The maximum Gasteiger partial charge on any atom is 0.240 e. The molecule has 0 aromatic heterocycles. The summed E-state index contributed by atoms with van der Waals surface area (Å²) in [5, 5.41) is 0. The van der Waals surface area contributed by atoms with Crippen LogP contribution in [0.25, 0.3) is 0 Å². The maximum atomic E-state index is 12.0. The number of hydrogen-bond donors (Lipinski definition) is 1. The first-order chi connectivity index (χ1) is 8.40. The predicted octanol–water partition coefficient (Wildman–Crippen LogP) is 2.36. The van der Waals surface area contributed by atoms with Gasteiger partial charge in [-0.1, -0.05) is 26.0 Å². The molecule has 0 aliphatic rings. The molecule has 0 amide bonds. The zero-order valence-electron chi connectivity index (χ0n) is 10.9. The van der Waals surface area contributed by atoms with Crippen molar-refractivity contribution in [2.45, 2.75) is 44.6 Å². The van der Waals surface area contributed by atoms with E-state index < -0.39 is 10.0 Å². The second-order valence-corrected chi connectivity index (χ2v) is 5.95. The standard InChI is InChI=1S/C13H19NO3S/c1-4-10(3)14-18(16,17)12-8-6-11(7-9-12)13(15)5-2/h6-10,14H,4-5H2,1-3H3. The summed E-state index contributed by atoms with van der Waals surface area (Å²) in [6.45, 7) is 5.50. The molecule has 0 radical (unpaired) electrons. The lowest BCUT2D eigenvalue weighted by Gasteiger charge is -2.12. The first-order valence-electron chi connectivity index (χ1n) is 6.06. The SMILES string of the molecule is CCC(=O)c1ccc(S(=O)(=O)NC(C)CC)cc1. The lowest BCUT2D eigenvalue weighted by Crippen LogP contribution is -2.31. The van der Waals surface area contributed by atoms with Gasteiger partial charge in [0.2, 0.25) is 10.0 Å². The Labute approximate surface area is 108 Å². The average Bonchev–Trinajstić information content (AvgIpc) is 2.37. The van der Waals surface area contributed by atoms with Crippen LogP contribution in [0.1, 0.15) is 44.0 Å². The fourth-order valence-corrected chi connectivity index (χ4v) is 2.77. The van der Waals surface area contributed by atoms with Gasteiger partial charge in [0.25, 0.3) is 0 Å². The fraction of sp³-hybridized carbons (Fsp3) is 0.462. The predicted molar refractivity (Wildman–Crippen MR) is 71.1 cm³/mol. The van der Waals surface area contributed by atoms with Crippen LogP contribution in [-0.4, -0.2) is 20.2 Å². The van der Waals surface area contributed by atoms with Crippen LogP contribution in [0.5, 0.6) is 0 Å². The van der Waals surface area contributed by atoms with E-state index in [1.165, 1.54) is 12.1 Å². The molecule has 0 aliphatic carbocycles. The van der Waals surface area contributed by atoms with Gasteiger partial charge in [-0.05, 0) is 25.5 Å². The summed E-state index contributed by atoms with van der Waals surface area (Å²) in [5.74, 6) is 0.00818. The summed E-state index contributed by atoms with van der Waals surface area (Å²) in [7, 11) is -3.48. The van der Waals surface area contributed by atoms with Gasteiger partial charge in [0.1, 0.15) is 0 Å². The zero-order valence-corrected chi connectivity index (χ0v) is 11.8. The Morgan fingerprint density at radius 3 is 2.22 bits per heavy atom. The van der Waals surface area contributed by atoms with E-state index in [2.05, 4.69) is 4.72 Å². The number of sulfonamides is 1. The van der Waals surface area contributed by atoms with Gasteiger partial charge in [0, 0.05) is 18.0 Å². The van der Waals surface area contributed by atoms with Gasteiger partial charge in [-0.15, -0.1) is 0 Å². The molecule has 1 rings (SSSR count). The van der Waals surface area contributed by atoms with Crippen molar-refractivity contribution in [1.29, 1.82) is 0 Å². The minimum absolute atomic E-state index is 0.00818. The van der Waals surface area contributed by atoms with Crippen LogP contribution in [0.4, 0.5) is 0 Å². The molecule has 1 unspecified atom stereocenters. The summed E-state index contributed by atoms with van der Waals surface area (Å²) >= 11 is 0. The van der Waals surface area contributed by atoms with Crippen LogP contribution in [0, 0.1) is 0 Å². The van der Waals surface area contributed by atoms with Crippen LogP contribution in [-0.2, 0) is 10.0 Å². The van der Waals surface area contributed by atoms with E-state index in [4.69, 9.17) is 0 Å². The van der Waals surface area contributed by atoms with Crippen molar-refractivity contribution in [2.24, 2.45) is 0 Å². The third-order valence-electron chi connectivity index (χ3n) is 2.78. The summed E-state index contributed by atoms with van der Waals surface area (Å²) in [5.41, 5.74) is 0.542. The van der Waals surface area contributed by atoms with E-state index >= 15 is 0 Å². The molecule has 0 bridgehead atoms. The highest BCUT2D eigenvalue weighted by Crippen LogP contribution is 2.12. The topological polar surface area (TPSA) is 63.2 Å². The normalized spacial score (nSPS) is 13.3. The van der Waals surface area contributed by atoms with E-state index in [-0.39, 0.29) is 16.7 Å². The first-order valence-corrected chi connectivity index (χ1v) is 7.54. The molecule has 1 aromatic carbocycles. The van der Waals surface area contributed by atoms with E-state index in [9.17, 15) is 13.2 Å². The second kappa shape index (κ2) is 6.11. The summed E-state index contributed by atoms with van der Waals surface area (Å²) in [4.78, 5) is 11.6.